The molecule has 10 heteroatoms. The maximum atomic E-state index is 13.8. The van der Waals surface area contributed by atoms with Crippen LogP contribution in [0.3, 0.4) is 0 Å². The van der Waals surface area contributed by atoms with Crippen molar-refractivity contribution in [1.82, 2.24) is 14.4 Å². The van der Waals surface area contributed by atoms with Gasteiger partial charge < -0.3 is 4.74 Å². The number of aromatic nitrogens is 3. The van der Waals surface area contributed by atoms with Crippen LogP contribution in [-0.4, -0.2) is 27.2 Å². The number of alkyl halides is 5. The Bertz CT molecular complexity index is 1010. The van der Waals surface area contributed by atoms with Crippen molar-refractivity contribution in [3.63, 3.8) is 0 Å². The Morgan fingerprint density at radius 3 is 2.37 bits per heavy atom. The molecule has 0 aliphatic heterocycles. The molecule has 3 aromatic heterocycles. The summed E-state index contributed by atoms with van der Waals surface area (Å²) in [5.41, 5.74) is 1.02. The molecule has 0 spiro atoms. The first-order valence-corrected chi connectivity index (χ1v) is 7.55. The zero-order chi connectivity index (χ0) is 19.8. The third-order valence-corrected chi connectivity index (χ3v) is 3.59. The van der Waals surface area contributed by atoms with Crippen molar-refractivity contribution in [3.05, 3.63) is 48.2 Å². The van der Waals surface area contributed by atoms with E-state index in [1.807, 2.05) is 0 Å². The summed E-state index contributed by atoms with van der Waals surface area (Å²) in [7, 11) is 0. The molecule has 0 aliphatic rings. The van der Waals surface area contributed by atoms with Gasteiger partial charge in [-0.1, -0.05) is 6.07 Å². The molecule has 0 saturated heterocycles. The van der Waals surface area contributed by atoms with E-state index in [4.69, 9.17) is 5.26 Å². The molecule has 0 fully saturated rings. The van der Waals surface area contributed by atoms with Crippen molar-refractivity contribution < 1.29 is 26.7 Å². The maximum absolute atomic E-state index is 13.8. The first-order valence-electron chi connectivity index (χ1n) is 7.55. The molecule has 0 N–H and O–H groups in total. The van der Waals surface area contributed by atoms with E-state index in [9.17, 15) is 22.0 Å². The van der Waals surface area contributed by atoms with Crippen molar-refractivity contribution >= 4 is 5.52 Å². The van der Waals surface area contributed by atoms with Gasteiger partial charge in [0, 0.05) is 30.9 Å². The highest BCUT2D eigenvalue weighted by Gasteiger charge is 2.31. The van der Waals surface area contributed by atoms with Gasteiger partial charge in [0.25, 0.3) is 0 Å². The Hall–Kier alpha value is -3.22. The number of imidazole rings is 1. The third-order valence-electron chi connectivity index (χ3n) is 3.59. The summed E-state index contributed by atoms with van der Waals surface area (Å²) in [5.74, 6) is -4.08. The lowest BCUT2D eigenvalue weighted by Gasteiger charge is -2.11. The van der Waals surface area contributed by atoms with Gasteiger partial charge in [0.15, 0.2) is 18.1 Å². The van der Waals surface area contributed by atoms with Crippen LogP contribution in [0, 0.1) is 11.3 Å². The van der Waals surface area contributed by atoms with Crippen LogP contribution in [0.1, 0.15) is 18.4 Å². The highest BCUT2D eigenvalue weighted by Crippen LogP contribution is 2.30. The minimum Gasteiger partial charge on any atom is -0.468 e. The fourth-order valence-corrected chi connectivity index (χ4v) is 2.44. The lowest BCUT2D eigenvalue weighted by atomic mass is 10.1. The van der Waals surface area contributed by atoms with E-state index in [2.05, 4.69) is 14.7 Å². The van der Waals surface area contributed by atoms with E-state index in [0.717, 1.165) is 4.40 Å². The molecule has 0 aliphatic carbocycles. The van der Waals surface area contributed by atoms with E-state index in [1.165, 1.54) is 30.6 Å². The van der Waals surface area contributed by atoms with Gasteiger partial charge in [-0.25, -0.2) is 9.97 Å². The number of hydrogen-bond donors (Lipinski definition) is 0. The second kappa shape index (κ2) is 6.50. The van der Waals surface area contributed by atoms with Crippen LogP contribution in [-0.2, 0) is 5.92 Å². The zero-order valence-corrected chi connectivity index (χ0v) is 13.8. The predicted molar refractivity (Wildman–Crippen MR) is 84.3 cm³/mol. The lowest BCUT2D eigenvalue weighted by Crippen LogP contribution is -2.19. The topological polar surface area (TPSA) is 63.2 Å². The molecule has 0 saturated carbocycles. The van der Waals surface area contributed by atoms with Crippen LogP contribution in [0.4, 0.5) is 22.0 Å². The highest BCUT2D eigenvalue weighted by atomic mass is 19.4. The second-order valence-electron chi connectivity index (χ2n) is 5.75. The van der Waals surface area contributed by atoms with E-state index in [1.54, 1.807) is 12.1 Å². The zero-order valence-electron chi connectivity index (χ0n) is 13.8. The largest absolute Gasteiger partial charge is 0.468 e. The van der Waals surface area contributed by atoms with Crippen LogP contribution in [0.25, 0.3) is 16.6 Å². The van der Waals surface area contributed by atoms with Gasteiger partial charge in [0.1, 0.15) is 6.07 Å². The van der Waals surface area contributed by atoms with E-state index in [0.29, 0.717) is 18.1 Å². The first kappa shape index (κ1) is 18.6. The van der Waals surface area contributed by atoms with Crippen LogP contribution in [0.15, 0.2) is 36.7 Å². The molecule has 3 aromatic rings. The SMILES string of the molecule is CC(F)(F)c1nc(C#N)c2ccc(-c3ccc(OCC(F)(F)F)nc3)cn12. The monoisotopic (exact) mass is 382 g/mol. The Morgan fingerprint density at radius 1 is 1.11 bits per heavy atom. The summed E-state index contributed by atoms with van der Waals surface area (Å²) in [6.07, 6.45) is -1.85. The summed E-state index contributed by atoms with van der Waals surface area (Å²) >= 11 is 0. The van der Waals surface area contributed by atoms with Crippen molar-refractivity contribution in [2.75, 3.05) is 6.61 Å². The third kappa shape index (κ3) is 3.97. The molecule has 140 valence electrons. The highest BCUT2D eigenvalue weighted by molar-refractivity contribution is 5.68. The van der Waals surface area contributed by atoms with Crippen molar-refractivity contribution in [2.24, 2.45) is 0 Å². The molecular formula is C17H11F5N4O. The van der Waals surface area contributed by atoms with E-state index in [-0.39, 0.29) is 17.1 Å². The molecule has 3 rings (SSSR count). The Balaban J connectivity index is 1.97. The summed E-state index contributed by atoms with van der Waals surface area (Å²) in [6, 6.07) is 7.50. The van der Waals surface area contributed by atoms with Crippen LogP contribution in [0.2, 0.25) is 0 Å². The first-order chi connectivity index (χ1) is 12.6. The van der Waals surface area contributed by atoms with Gasteiger partial charge in [-0.05, 0) is 17.7 Å². The van der Waals surface area contributed by atoms with Gasteiger partial charge in [0.2, 0.25) is 5.88 Å². The van der Waals surface area contributed by atoms with E-state index < -0.39 is 24.5 Å². The number of fused-ring (bicyclic) bond motifs is 1. The number of pyridine rings is 2. The summed E-state index contributed by atoms with van der Waals surface area (Å²) in [4.78, 5) is 7.47. The number of rotatable bonds is 4. The molecular weight excluding hydrogens is 371 g/mol. The van der Waals surface area contributed by atoms with Crippen molar-refractivity contribution in [1.29, 1.82) is 5.26 Å². The fraction of sp³-hybridized carbons (Fsp3) is 0.235. The summed E-state index contributed by atoms with van der Waals surface area (Å²) in [5, 5.41) is 9.06. The van der Waals surface area contributed by atoms with E-state index >= 15 is 0 Å². The van der Waals surface area contributed by atoms with Crippen LogP contribution < -0.4 is 4.74 Å². The molecule has 0 radical (unpaired) electrons. The van der Waals surface area contributed by atoms with Gasteiger partial charge in [-0.2, -0.15) is 27.2 Å². The van der Waals surface area contributed by atoms with Gasteiger partial charge in [-0.15, -0.1) is 0 Å². The Morgan fingerprint density at radius 2 is 1.81 bits per heavy atom. The standard InChI is InChI=1S/C17H11F5N4O/c1-16(18,19)15-25-12(6-23)13-4-2-11(8-26(13)15)10-3-5-14(24-7-10)27-9-17(20,21)22/h2-5,7-8H,9H2,1H3. The molecule has 27 heavy (non-hydrogen) atoms. The van der Waals surface area contributed by atoms with Gasteiger partial charge in [-0.3, -0.25) is 4.40 Å². The second-order valence-corrected chi connectivity index (χ2v) is 5.75. The minimum atomic E-state index is -4.48. The molecule has 0 amide bonds. The quantitative estimate of drug-likeness (QED) is 0.631. The van der Waals surface area contributed by atoms with Crippen LogP contribution in [0.5, 0.6) is 5.88 Å². The normalized spacial score (nSPS) is 12.2. The molecule has 0 atom stereocenters. The number of halogens is 5. The van der Waals surface area contributed by atoms with Crippen LogP contribution >= 0.6 is 0 Å². The fourth-order valence-electron chi connectivity index (χ4n) is 2.44. The molecule has 0 unspecified atom stereocenters. The Kier molecular flexibility index (Phi) is 4.47. The molecule has 5 nitrogen and oxygen atoms in total. The number of ether oxygens (including phenoxy) is 1. The predicted octanol–water partition coefficient (Wildman–Crippen LogP) is 4.32. The number of nitriles is 1. The van der Waals surface area contributed by atoms with Gasteiger partial charge in [0.05, 0.1) is 5.52 Å². The van der Waals surface area contributed by atoms with Crippen molar-refractivity contribution in [3.8, 4) is 23.1 Å². The number of hydrogen-bond acceptors (Lipinski definition) is 4. The average molecular weight is 382 g/mol. The summed E-state index contributed by atoms with van der Waals surface area (Å²) in [6.45, 7) is -0.795. The lowest BCUT2D eigenvalue weighted by molar-refractivity contribution is -0.154. The van der Waals surface area contributed by atoms with Gasteiger partial charge >= 0.3 is 12.1 Å². The number of nitrogens with zero attached hydrogens (tertiary/aromatic N) is 4. The molecule has 0 aromatic carbocycles. The summed E-state index contributed by atoms with van der Waals surface area (Å²) < 4.78 is 69.7. The molecule has 3 heterocycles. The smallest absolute Gasteiger partial charge is 0.422 e. The average Bonchev–Trinajstić information content (AvgIpc) is 2.98. The molecule has 0 bridgehead atoms. The maximum Gasteiger partial charge on any atom is 0.422 e. The minimum absolute atomic E-state index is 0.132. The van der Waals surface area contributed by atoms with Crippen molar-refractivity contribution in [2.45, 2.75) is 19.0 Å². The Labute approximate surface area is 149 Å².